The summed E-state index contributed by atoms with van der Waals surface area (Å²) in [6.07, 6.45) is 7.74. The summed E-state index contributed by atoms with van der Waals surface area (Å²) in [7, 11) is 7.61. The molecule has 0 unspecified atom stereocenters. The largest absolute Gasteiger partial charge is 0.500 e. The van der Waals surface area contributed by atoms with E-state index in [4.69, 9.17) is 57.0 Å². The highest BCUT2D eigenvalue weighted by atomic mass is 28.4. The van der Waals surface area contributed by atoms with Crippen LogP contribution in [-0.2, 0) is 52.8 Å². The standard InChI is InChI=1S/C14H26N2O3Si.C12H30N2O3Si.C8H22N2O3Si/c1-17-20(18-2,19-3)10-7-13-5-4-6-14(11-13)12-16-9-8-15;1-15-18(16-2,17-3)12-8-11-14-10-7-5-4-6-9-13;1-11-14(12-2,13-3)8-4-6-10-7-5-9/h4-6,11,16H,7-10,12,15H2,1-3H3;14H,4-13H2,1-3H3;10H,4-9H2,1-3H3. The summed E-state index contributed by atoms with van der Waals surface area (Å²) in [6.45, 7) is 7.64. The van der Waals surface area contributed by atoms with Crippen LogP contribution in [0.25, 0.3) is 0 Å². The van der Waals surface area contributed by atoms with Crippen molar-refractivity contribution in [2.45, 2.75) is 69.6 Å². The van der Waals surface area contributed by atoms with Gasteiger partial charge in [0.05, 0.1) is 0 Å². The molecule has 0 spiro atoms. The van der Waals surface area contributed by atoms with Crippen LogP contribution in [-0.4, -0.2) is 143 Å². The Hall–Kier alpha value is -0.729. The lowest BCUT2D eigenvalue weighted by Gasteiger charge is -2.24. The fourth-order valence-electron chi connectivity index (χ4n) is 5.16. The smallest absolute Gasteiger partial charge is 0.377 e. The molecule has 18 heteroatoms. The minimum atomic E-state index is -2.48. The third kappa shape index (κ3) is 25.4. The maximum atomic E-state index is 5.46. The van der Waals surface area contributed by atoms with E-state index in [1.54, 1.807) is 64.0 Å². The highest BCUT2D eigenvalue weighted by Gasteiger charge is 2.38. The number of hydrogen-bond acceptors (Lipinski definition) is 15. The lowest BCUT2D eigenvalue weighted by molar-refractivity contribution is 0.122. The predicted molar refractivity (Wildman–Crippen MR) is 217 cm³/mol. The monoisotopic (exact) mass is 799 g/mol. The van der Waals surface area contributed by atoms with E-state index in [0.717, 1.165) is 89.6 Å². The second-order valence-corrected chi connectivity index (χ2v) is 21.1. The molecule has 0 aliphatic carbocycles. The Balaban J connectivity index is 0. The van der Waals surface area contributed by atoms with Crippen LogP contribution in [0.1, 0.15) is 49.7 Å². The number of hydrogen-bond donors (Lipinski definition) is 6. The van der Waals surface area contributed by atoms with E-state index in [-0.39, 0.29) is 0 Å². The lowest BCUT2D eigenvalue weighted by atomic mass is 10.1. The van der Waals surface area contributed by atoms with Crippen LogP contribution in [0.5, 0.6) is 0 Å². The van der Waals surface area contributed by atoms with Gasteiger partial charge in [-0.2, -0.15) is 0 Å². The summed E-state index contributed by atoms with van der Waals surface area (Å²) < 4.78 is 48.3. The zero-order valence-corrected chi connectivity index (χ0v) is 37.2. The fraction of sp³-hybridized carbons (Fsp3) is 0.824. The molecular formula is C34H78N6O9Si3. The summed E-state index contributed by atoms with van der Waals surface area (Å²) in [5.74, 6) is 0. The van der Waals surface area contributed by atoms with E-state index in [1.165, 1.54) is 30.4 Å². The van der Waals surface area contributed by atoms with Gasteiger partial charge in [-0.3, -0.25) is 0 Å². The highest BCUT2D eigenvalue weighted by molar-refractivity contribution is 6.61. The number of unbranched alkanes of at least 4 members (excludes halogenated alkanes) is 3. The van der Waals surface area contributed by atoms with Crippen LogP contribution < -0.4 is 33.2 Å². The van der Waals surface area contributed by atoms with Crippen LogP contribution in [0, 0.1) is 0 Å². The maximum absolute atomic E-state index is 5.46. The molecule has 0 aliphatic rings. The summed E-state index contributed by atoms with van der Waals surface area (Å²) in [5, 5.41) is 9.94. The lowest BCUT2D eigenvalue weighted by Crippen LogP contribution is -2.43. The van der Waals surface area contributed by atoms with E-state index in [9.17, 15) is 0 Å². The van der Waals surface area contributed by atoms with Gasteiger partial charge in [-0.05, 0) is 69.4 Å². The number of aryl methyl sites for hydroxylation is 1. The zero-order chi connectivity index (χ0) is 39.4. The van der Waals surface area contributed by atoms with Gasteiger partial charge in [0, 0.05) is 115 Å². The molecule has 0 aromatic heterocycles. The first-order valence-electron chi connectivity index (χ1n) is 18.4. The molecule has 310 valence electrons. The number of rotatable bonds is 32. The molecule has 0 saturated carbocycles. The first-order valence-corrected chi connectivity index (χ1v) is 24.2. The van der Waals surface area contributed by atoms with Crippen molar-refractivity contribution in [3.63, 3.8) is 0 Å². The van der Waals surface area contributed by atoms with E-state index in [0.29, 0.717) is 13.1 Å². The minimum Gasteiger partial charge on any atom is -0.377 e. The second kappa shape index (κ2) is 35.9. The first kappa shape index (κ1) is 53.4. The van der Waals surface area contributed by atoms with Crippen LogP contribution in [0.2, 0.25) is 18.1 Å². The molecule has 1 rings (SSSR count). The Morgan fingerprint density at radius 2 is 0.846 bits per heavy atom. The molecule has 52 heavy (non-hydrogen) atoms. The van der Waals surface area contributed by atoms with Gasteiger partial charge in [0.25, 0.3) is 0 Å². The Kier molecular flexibility index (Phi) is 36.9. The van der Waals surface area contributed by atoms with Gasteiger partial charge in [-0.15, -0.1) is 0 Å². The van der Waals surface area contributed by atoms with Crippen molar-refractivity contribution in [1.82, 2.24) is 16.0 Å². The van der Waals surface area contributed by atoms with Crippen molar-refractivity contribution in [3.8, 4) is 0 Å². The Morgan fingerprint density at radius 1 is 0.442 bits per heavy atom. The van der Waals surface area contributed by atoms with Crippen molar-refractivity contribution < 1.29 is 39.8 Å². The third-order valence-electron chi connectivity index (χ3n) is 8.46. The van der Waals surface area contributed by atoms with Crippen molar-refractivity contribution in [2.24, 2.45) is 17.2 Å². The van der Waals surface area contributed by atoms with Gasteiger partial charge in [0.1, 0.15) is 0 Å². The maximum Gasteiger partial charge on any atom is 0.500 e. The van der Waals surface area contributed by atoms with Crippen molar-refractivity contribution in [1.29, 1.82) is 0 Å². The molecule has 0 bridgehead atoms. The Morgan fingerprint density at radius 3 is 1.31 bits per heavy atom. The molecule has 15 nitrogen and oxygen atoms in total. The molecule has 9 N–H and O–H groups in total. The zero-order valence-electron chi connectivity index (χ0n) is 34.2. The molecule has 0 saturated heterocycles. The molecule has 0 heterocycles. The average molecular weight is 799 g/mol. The van der Waals surface area contributed by atoms with E-state index < -0.39 is 26.4 Å². The van der Waals surface area contributed by atoms with Gasteiger partial charge < -0.3 is 73.0 Å². The van der Waals surface area contributed by atoms with Crippen molar-refractivity contribution >= 4 is 26.4 Å². The van der Waals surface area contributed by atoms with Gasteiger partial charge >= 0.3 is 26.4 Å². The molecule has 0 fully saturated rings. The van der Waals surface area contributed by atoms with Crippen LogP contribution in [0.3, 0.4) is 0 Å². The summed E-state index contributed by atoms with van der Waals surface area (Å²) in [6, 6.07) is 11.0. The van der Waals surface area contributed by atoms with Gasteiger partial charge in [-0.25, -0.2) is 0 Å². The predicted octanol–water partition coefficient (Wildman–Crippen LogP) is 2.32. The summed E-state index contributed by atoms with van der Waals surface area (Å²) in [5.41, 5.74) is 18.8. The molecule has 0 atom stereocenters. The van der Waals surface area contributed by atoms with E-state index in [2.05, 4.69) is 40.2 Å². The number of nitrogens with two attached hydrogens (primary N) is 3. The average Bonchev–Trinajstić information content (AvgIpc) is 3.19. The minimum absolute atomic E-state index is 0.656. The molecule has 1 aromatic rings. The van der Waals surface area contributed by atoms with E-state index >= 15 is 0 Å². The van der Waals surface area contributed by atoms with E-state index in [1.807, 2.05) is 0 Å². The highest BCUT2D eigenvalue weighted by Crippen LogP contribution is 2.18. The number of nitrogens with one attached hydrogen (secondary N) is 3. The Bertz CT molecular complexity index is 885. The molecule has 0 amide bonds. The van der Waals surface area contributed by atoms with Gasteiger partial charge in [0.15, 0.2) is 0 Å². The normalized spacial score (nSPS) is 11.9. The topological polar surface area (TPSA) is 197 Å². The summed E-state index contributed by atoms with van der Waals surface area (Å²) >= 11 is 0. The first-order chi connectivity index (χ1) is 25.2. The molecule has 0 radical (unpaired) electrons. The van der Waals surface area contributed by atoms with Crippen molar-refractivity contribution in [3.05, 3.63) is 35.4 Å². The van der Waals surface area contributed by atoms with Gasteiger partial charge in [-0.1, -0.05) is 37.1 Å². The van der Waals surface area contributed by atoms with Crippen molar-refractivity contribution in [2.75, 3.05) is 116 Å². The van der Waals surface area contributed by atoms with Gasteiger partial charge in [0.2, 0.25) is 0 Å². The van der Waals surface area contributed by atoms with Crippen LogP contribution in [0.15, 0.2) is 24.3 Å². The third-order valence-corrected chi connectivity index (χ3v) is 16.9. The molecular weight excluding hydrogens is 721 g/mol. The molecule has 0 aliphatic heterocycles. The Labute approximate surface area is 320 Å². The van der Waals surface area contributed by atoms with Crippen LogP contribution >= 0.6 is 0 Å². The number of benzene rings is 1. The van der Waals surface area contributed by atoms with Crippen LogP contribution in [0.4, 0.5) is 0 Å². The summed E-state index contributed by atoms with van der Waals surface area (Å²) in [4.78, 5) is 0. The SMILES string of the molecule is CO[Si](CCCNCCCCCCN)(OC)OC.CO[Si](CCCNCCN)(OC)OC.CO[Si](CCc1cccc(CNCCN)c1)(OC)OC. The second-order valence-electron chi connectivity index (χ2n) is 11.9. The molecule has 1 aromatic carbocycles. The fourth-order valence-corrected chi connectivity index (χ4v) is 10.3. The quantitative estimate of drug-likeness (QED) is 0.0459.